The molecule has 0 radical (unpaired) electrons. The molecule has 0 saturated carbocycles. The molecular formula is C30H30N4O2. The monoisotopic (exact) mass is 478 g/mol. The fourth-order valence-electron chi connectivity index (χ4n) is 4.47. The van der Waals surface area contributed by atoms with Crippen molar-refractivity contribution in [2.75, 3.05) is 0 Å². The van der Waals surface area contributed by atoms with E-state index in [0.717, 1.165) is 39.9 Å². The topological polar surface area (TPSA) is 71.3 Å². The zero-order valence-corrected chi connectivity index (χ0v) is 21.1. The lowest BCUT2D eigenvalue weighted by atomic mass is 9.94. The zero-order chi connectivity index (χ0) is 25.2. The van der Waals surface area contributed by atoms with Gasteiger partial charge in [-0.1, -0.05) is 96.0 Å². The number of rotatable bonds is 6. The highest BCUT2D eigenvalue weighted by atomic mass is 16.5. The minimum absolute atomic E-state index is 0.155. The van der Waals surface area contributed by atoms with Crippen LogP contribution in [-0.4, -0.2) is 21.1 Å². The van der Waals surface area contributed by atoms with Gasteiger partial charge in [-0.15, -0.1) is 0 Å². The summed E-state index contributed by atoms with van der Waals surface area (Å²) in [6, 6.07) is 24.0. The van der Waals surface area contributed by atoms with Gasteiger partial charge in [0.1, 0.15) is 0 Å². The summed E-state index contributed by atoms with van der Waals surface area (Å²) in [5.74, 6) is 0.930. The number of carbonyl (C=O) groups excluding carboxylic acids is 1. The summed E-state index contributed by atoms with van der Waals surface area (Å²) < 4.78 is 5.81. The van der Waals surface area contributed by atoms with Crippen molar-refractivity contribution in [3.63, 3.8) is 0 Å². The highest BCUT2D eigenvalue weighted by Gasteiger charge is 2.35. The highest BCUT2D eigenvalue weighted by molar-refractivity contribution is 5.86. The van der Waals surface area contributed by atoms with E-state index < -0.39 is 6.04 Å². The molecule has 1 aromatic heterocycles. The second-order valence-electron chi connectivity index (χ2n) is 9.34. The average Bonchev–Trinajstić information content (AvgIpc) is 3.37. The number of hydrogen-bond donors (Lipinski definition) is 1. The van der Waals surface area contributed by atoms with Crippen molar-refractivity contribution < 1.29 is 9.32 Å². The van der Waals surface area contributed by atoms with Crippen LogP contribution in [-0.2, 0) is 13.0 Å². The van der Waals surface area contributed by atoms with Crippen LogP contribution >= 0.6 is 0 Å². The van der Waals surface area contributed by atoms with E-state index in [4.69, 9.17) is 9.51 Å². The molecule has 1 N–H and O–H groups in total. The number of nitrogens with zero attached hydrogens (tertiary/aromatic N) is 3. The Kier molecular flexibility index (Phi) is 6.42. The molecule has 0 aliphatic carbocycles. The van der Waals surface area contributed by atoms with Gasteiger partial charge in [0.15, 0.2) is 0 Å². The number of hydrogen-bond acceptors (Lipinski definition) is 4. The van der Waals surface area contributed by atoms with Crippen LogP contribution in [0.1, 0.15) is 53.6 Å². The smallest absolute Gasteiger partial charge is 0.322 e. The summed E-state index contributed by atoms with van der Waals surface area (Å²) in [4.78, 5) is 19.8. The molecule has 1 aliphatic heterocycles. The Bertz CT molecular complexity index is 1400. The fourth-order valence-corrected chi connectivity index (χ4v) is 4.47. The molecule has 0 saturated heterocycles. The lowest BCUT2D eigenvalue weighted by molar-refractivity contribution is 0.203. The van der Waals surface area contributed by atoms with Crippen LogP contribution in [0.3, 0.4) is 0 Å². The van der Waals surface area contributed by atoms with Gasteiger partial charge in [0, 0.05) is 11.3 Å². The molecule has 2 amide bonds. The van der Waals surface area contributed by atoms with Crippen molar-refractivity contribution in [1.29, 1.82) is 0 Å². The molecule has 36 heavy (non-hydrogen) atoms. The number of urea groups is 1. The van der Waals surface area contributed by atoms with Gasteiger partial charge < -0.3 is 9.84 Å². The molecule has 0 spiro atoms. The standard InChI is InChI=1S/C30H30N4O2/c1-5-22-12-16-25(17-13-22)28-32-29(36-33-28)26-21(4)34(18-23-10-6-19(2)7-11-23)30(35)31-27(26)24-14-8-20(3)9-15-24/h6-17,27H,5,18H2,1-4H3,(H,31,35). The molecule has 2 heterocycles. The van der Waals surface area contributed by atoms with Crippen LogP contribution < -0.4 is 5.32 Å². The van der Waals surface area contributed by atoms with Gasteiger partial charge >= 0.3 is 6.03 Å². The third kappa shape index (κ3) is 4.67. The van der Waals surface area contributed by atoms with Crippen molar-refractivity contribution >= 4 is 11.6 Å². The summed E-state index contributed by atoms with van der Waals surface area (Å²) in [6.07, 6.45) is 0.971. The molecule has 6 nitrogen and oxygen atoms in total. The van der Waals surface area contributed by atoms with E-state index in [2.05, 4.69) is 48.6 Å². The van der Waals surface area contributed by atoms with E-state index in [0.29, 0.717) is 18.3 Å². The molecule has 1 aliphatic rings. The van der Waals surface area contributed by atoms with E-state index in [1.807, 2.05) is 62.4 Å². The maximum absolute atomic E-state index is 13.3. The van der Waals surface area contributed by atoms with E-state index in [-0.39, 0.29) is 6.03 Å². The number of nitrogens with one attached hydrogen (secondary N) is 1. The molecule has 0 bridgehead atoms. The van der Waals surface area contributed by atoms with Crippen LogP contribution in [0, 0.1) is 13.8 Å². The van der Waals surface area contributed by atoms with E-state index in [9.17, 15) is 4.79 Å². The van der Waals surface area contributed by atoms with Crippen LogP contribution in [0.5, 0.6) is 0 Å². The number of carbonyl (C=O) groups is 1. The molecule has 1 unspecified atom stereocenters. The third-order valence-corrected chi connectivity index (χ3v) is 6.75. The molecule has 5 rings (SSSR count). The van der Waals surface area contributed by atoms with Crippen LogP contribution in [0.25, 0.3) is 17.0 Å². The molecule has 182 valence electrons. The van der Waals surface area contributed by atoms with Crippen molar-refractivity contribution in [1.82, 2.24) is 20.4 Å². The molecule has 0 fully saturated rings. The van der Waals surface area contributed by atoms with Crippen LogP contribution in [0.2, 0.25) is 0 Å². The molecular weight excluding hydrogens is 448 g/mol. The molecule has 3 aromatic carbocycles. The number of amides is 2. The predicted octanol–water partition coefficient (Wildman–Crippen LogP) is 6.61. The lowest BCUT2D eigenvalue weighted by Gasteiger charge is -2.35. The van der Waals surface area contributed by atoms with Crippen LogP contribution in [0.15, 0.2) is 83.0 Å². The summed E-state index contributed by atoms with van der Waals surface area (Å²) in [5, 5.41) is 7.46. The number of benzene rings is 3. The Morgan fingerprint density at radius 3 is 2.11 bits per heavy atom. The van der Waals surface area contributed by atoms with Crippen molar-refractivity contribution in [2.24, 2.45) is 0 Å². The van der Waals surface area contributed by atoms with Gasteiger partial charge in [-0.3, -0.25) is 4.90 Å². The Morgan fingerprint density at radius 1 is 0.861 bits per heavy atom. The van der Waals surface area contributed by atoms with E-state index in [1.54, 1.807) is 4.90 Å². The van der Waals surface area contributed by atoms with E-state index >= 15 is 0 Å². The molecule has 4 aromatic rings. The lowest BCUT2D eigenvalue weighted by Crippen LogP contribution is -2.45. The average molecular weight is 479 g/mol. The number of allylic oxidation sites excluding steroid dienone is 1. The number of aromatic nitrogens is 2. The summed E-state index contributed by atoms with van der Waals surface area (Å²) in [6.45, 7) is 8.62. The SMILES string of the molecule is CCc1ccc(-c2noc(C3=C(C)N(Cc4ccc(C)cc4)C(=O)NC3c3ccc(C)cc3)n2)cc1. The largest absolute Gasteiger partial charge is 0.334 e. The van der Waals surface area contributed by atoms with Gasteiger partial charge in [0.25, 0.3) is 5.89 Å². The third-order valence-electron chi connectivity index (χ3n) is 6.75. The Hall–Kier alpha value is -4.19. The molecule has 6 heteroatoms. The maximum Gasteiger partial charge on any atom is 0.322 e. The van der Waals surface area contributed by atoms with Gasteiger partial charge in [-0.05, 0) is 43.9 Å². The van der Waals surface area contributed by atoms with Crippen molar-refractivity contribution in [2.45, 2.75) is 46.7 Å². The predicted molar refractivity (Wildman–Crippen MR) is 141 cm³/mol. The van der Waals surface area contributed by atoms with Gasteiger partial charge in [-0.2, -0.15) is 4.98 Å². The Morgan fingerprint density at radius 2 is 1.47 bits per heavy atom. The molecule has 1 atom stereocenters. The summed E-state index contributed by atoms with van der Waals surface area (Å²) in [5.41, 5.74) is 8.08. The first kappa shape index (κ1) is 23.5. The minimum Gasteiger partial charge on any atom is -0.334 e. The van der Waals surface area contributed by atoms with Gasteiger partial charge in [0.05, 0.1) is 18.2 Å². The quantitative estimate of drug-likeness (QED) is 0.338. The first-order valence-electron chi connectivity index (χ1n) is 12.3. The van der Waals surface area contributed by atoms with Gasteiger partial charge in [0.2, 0.25) is 5.82 Å². The summed E-state index contributed by atoms with van der Waals surface area (Å²) >= 11 is 0. The van der Waals surface area contributed by atoms with Crippen molar-refractivity contribution in [3.05, 3.63) is 112 Å². The second-order valence-corrected chi connectivity index (χ2v) is 9.34. The normalized spacial score (nSPS) is 15.8. The van der Waals surface area contributed by atoms with Crippen LogP contribution in [0.4, 0.5) is 4.79 Å². The highest BCUT2D eigenvalue weighted by Crippen LogP contribution is 2.38. The minimum atomic E-state index is -0.400. The Labute approximate surface area is 211 Å². The maximum atomic E-state index is 13.3. The first-order chi connectivity index (χ1) is 17.4. The summed E-state index contributed by atoms with van der Waals surface area (Å²) in [7, 11) is 0. The second kappa shape index (κ2) is 9.82. The number of aryl methyl sites for hydroxylation is 3. The van der Waals surface area contributed by atoms with Crippen molar-refractivity contribution in [3.8, 4) is 11.4 Å². The van der Waals surface area contributed by atoms with E-state index in [1.165, 1.54) is 11.1 Å². The zero-order valence-electron chi connectivity index (χ0n) is 21.1. The fraction of sp³-hybridized carbons (Fsp3) is 0.233. The Balaban J connectivity index is 1.57. The first-order valence-corrected chi connectivity index (χ1v) is 12.3. The van der Waals surface area contributed by atoms with Gasteiger partial charge in [-0.25, -0.2) is 4.79 Å².